The number of anilines is 2. The van der Waals surface area contributed by atoms with Crippen molar-refractivity contribution < 1.29 is 0 Å². The molecular formula is C19H24N4O2. The van der Waals surface area contributed by atoms with Gasteiger partial charge in [0, 0.05) is 44.0 Å². The fourth-order valence-electron chi connectivity index (χ4n) is 4.24. The van der Waals surface area contributed by atoms with Crippen molar-refractivity contribution in [1.82, 2.24) is 9.55 Å². The van der Waals surface area contributed by atoms with Crippen LogP contribution in [0.5, 0.6) is 0 Å². The van der Waals surface area contributed by atoms with Crippen LogP contribution in [0.15, 0.2) is 39.9 Å². The molecule has 0 radical (unpaired) electrons. The zero-order valence-electron chi connectivity index (χ0n) is 14.7. The molecule has 6 heteroatoms. The van der Waals surface area contributed by atoms with Crippen LogP contribution in [0.1, 0.15) is 25.3 Å². The van der Waals surface area contributed by atoms with Gasteiger partial charge in [0.15, 0.2) is 0 Å². The number of rotatable bonds is 2. The lowest BCUT2D eigenvalue weighted by Crippen LogP contribution is -2.48. The average molecular weight is 340 g/mol. The molecule has 0 spiro atoms. The SMILES string of the molecule is CC1Cc2ccccc2N1C1CCN(c2cc(=O)n(C)c(=O)[nH]2)CC1. The number of nitrogens with one attached hydrogen (secondary N) is 1. The van der Waals surface area contributed by atoms with Crippen LogP contribution in [-0.4, -0.2) is 34.7 Å². The van der Waals surface area contributed by atoms with Crippen molar-refractivity contribution in [2.24, 2.45) is 7.05 Å². The van der Waals surface area contributed by atoms with E-state index in [0.717, 1.165) is 36.9 Å². The minimum Gasteiger partial charge on any atom is -0.365 e. The van der Waals surface area contributed by atoms with Gasteiger partial charge in [0.05, 0.1) is 0 Å². The molecule has 1 atom stereocenters. The number of nitrogens with zero attached hydrogens (tertiary/aromatic N) is 3. The molecule has 6 nitrogen and oxygen atoms in total. The molecule has 1 saturated heterocycles. The first-order chi connectivity index (χ1) is 12.0. The summed E-state index contributed by atoms with van der Waals surface area (Å²) in [6, 6.07) is 11.2. The summed E-state index contributed by atoms with van der Waals surface area (Å²) in [5.74, 6) is 0.640. The zero-order valence-corrected chi connectivity index (χ0v) is 14.7. The molecule has 0 bridgehead atoms. The Morgan fingerprint density at radius 2 is 1.84 bits per heavy atom. The monoisotopic (exact) mass is 340 g/mol. The molecule has 1 aromatic carbocycles. The van der Waals surface area contributed by atoms with E-state index in [-0.39, 0.29) is 11.2 Å². The third kappa shape index (κ3) is 2.75. The molecule has 1 fully saturated rings. The largest absolute Gasteiger partial charge is 0.365 e. The van der Waals surface area contributed by atoms with Gasteiger partial charge in [0.1, 0.15) is 5.82 Å². The first-order valence-electron chi connectivity index (χ1n) is 8.96. The Morgan fingerprint density at radius 1 is 1.12 bits per heavy atom. The van der Waals surface area contributed by atoms with Crippen LogP contribution in [0.4, 0.5) is 11.5 Å². The molecule has 1 unspecified atom stereocenters. The van der Waals surface area contributed by atoms with E-state index >= 15 is 0 Å². The van der Waals surface area contributed by atoms with E-state index in [1.165, 1.54) is 24.4 Å². The van der Waals surface area contributed by atoms with Gasteiger partial charge >= 0.3 is 5.69 Å². The zero-order chi connectivity index (χ0) is 17.6. The molecule has 2 aromatic rings. The molecule has 2 aliphatic rings. The average Bonchev–Trinajstić information content (AvgIpc) is 2.95. The van der Waals surface area contributed by atoms with Crippen LogP contribution in [0.2, 0.25) is 0 Å². The highest BCUT2D eigenvalue weighted by Gasteiger charge is 2.33. The number of hydrogen-bond donors (Lipinski definition) is 1. The number of hydrogen-bond acceptors (Lipinski definition) is 4. The first-order valence-corrected chi connectivity index (χ1v) is 8.96. The van der Waals surface area contributed by atoms with Gasteiger partial charge in [-0.15, -0.1) is 0 Å². The topological polar surface area (TPSA) is 61.3 Å². The standard InChI is InChI=1S/C19H24N4O2/c1-13-11-14-5-3-4-6-16(14)23(13)15-7-9-22(10-8-15)17-12-18(24)21(2)19(25)20-17/h3-6,12-13,15H,7-11H2,1-2H3,(H,20,25). The maximum atomic E-state index is 11.9. The number of aromatic amines is 1. The Kier molecular flexibility index (Phi) is 3.90. The van der Waals surface area contributed by atoms with Crippen molar-refractivity contribution in [3.8, 4) is 0 Å². The quantitative estimate of drug-likeness (QED) is 0.900. The van der Waals surface area contributed by atoms with Crippen molar-refractivity contribution in [2.75, 3.05) is 22.9 Å². The highest BCUT2D eigenvalue weighted by atomic mass is 16.2. The minimum absolute atomic E-state index is 0.261. The van der Waals surface area contributed by atoms with Gasteiger partial charge in [-0.05, 0) is 37.8 Å². The predicted molar refractivity (Wildman–Crippen MR) is 99.6 cm³/mol. The van der Waals surface area contributed by atoms with Crippen LogP contribution >= 0.6 is 0 Å². The van der Waals surface area contributed by atoms with Crippen LogP contribution in [0, 0.1) is 0 Å². The smallest absolute Gasteiger partial charge is 0.329 e. The number of H-pyrrole nitrogens is 1. The molecular weight excluding hydrogens is 316 g/mol. The Morgan fingerprint density at radius 3 is 2.56 bits per heavy atom. The summed E-state index contributed by atoms with van der Waals surface area (Å²) in [6.45, 7) is 3.99. The third-order valence-electron chi connectivity index (χ3n) is 5.59. The number of piperidine rings is 1. The highest BCUT2D eigenvalue weighted by molar-refractivity contribution is 5.60. The molecule has 0 aliphatic carbocycles. The molecule has 0 amide bonds. The van der Waals surface area contributed by atoms with Gasteiger partial charge in [-0.25, -0.2) is 4.79 Å². The second-order valence-electron chi connectivity index (χ2n) is 7.16. The van der Waals surface area contributed by atoms with E-state index < -0.39 is 0 Å². The van der Waals surface area contributed by atoms with E-state index in [0.29, 0.717) is 17.9 Å². The summed E-state index contributed by atoms with van der Waals surface area (Å²) in [6.07, 6.45) is 3.16. The summed E-state index contributed by atoms with van der Waals surface area (Å²) >= 11 is 0. The second kappa shape index (κ2) is 6.10. The minimum atomic E-state index is -0.355. The maximum absolute atomic E-state index is 11.9. The molecule has 1 aromatic heterocycles. The summed E-state index contributed by atoms with van der Waals surface area (Å²) in [7, 11) is 1.49. The summed E-state index contributed by atoms with van der Waals surface area (Å²) in [5, 5.41) is 0. The van der Waals surface area contributed by atoms with Gasteiger partial charge < -0.3 is 9.80 Å². The van der Waals surface area contributed by atoms with Gasteiger partial charge in [-0.2, -0.15) is 0 Å². The second-order valence-corrected chi connectivity index (χ2v) is 7.16. The third-order valence-corrected chi connectivity index (χ3v) is 5.59. The first kappa shape index (κ1) is 16.0. The van der Waals surface area contributed by atoms with Crippen LogP contribution in [-0.2, 0) is 13.5 Å². The maximum Gasteiger partial charge on any atom is 0.329 e. The Labute approximate surface area is 146 Å². The van der Waals surface area contributed by atoms with Crippen molar-refractivity contribution in [2.45, 2.75) is 38.3 Å². The molecule has 1 N–H and O–H groups in total. The van der Waals surface area contributed by atoms with E-state index in [4.69, 9.17) is 0 Å². The number of fused-ring (bicyclic) bond motifs is 1. The number of benzene rings is 1. The van der Waals surface area contributed by atoms with Crippen molar-refractivity contribution in [3.05, 3.63) is 56.7 Å². The van der Waals surface area contributed by atoms with Crippen molar-refractivity contribution in [3.63, 3.8) is 0 Å². The number of para-hydroxylation sites is 1. The Bertz CT molecular complexity index is 862. The van der Waals surface area contributed by atoms with Crippen molar-refractivity contribution in [1.29, 1.82) is 0 Å². The lowest BCUT2D eigenvalue weighted by Gasteiger charge is -2.40. The molecule has 132 valence electrons. The van der Waals surface area contributed by atoms with E-state index in [1.807, 2.05) is 0 Å². The summed E-state index contributed by atoms with van der Waals surface area (Å²) in [5.41, 5.74) is 2.19. The molecule has 25 heavy (non-hydrogen) atoms. The summed E-state index contributed by atoms with van der Waals surface area (Å²) < 4.78 is 1.10. The molecule has 3 heterocycles. The van der Waals surface area contributed by atoms with Crippen LogP contribution < -0.4 is 21.0 Å². The predicted octanol–water partition coefficient (Wildman–Crippen LogP) is 1.49. The lowest BCUT2D eigenvalue weighted by atomic mass is 10.0. The van der Waals surface area contributed by atoms with Crippen LogP contribution in [0.3, 0.4) is 0 Å². The molecule has 2 aliphatic heterocycles. The van der Waals surface area contributed by atoms with Crippen LogP contribution in [0.25, 0.3) is 0 Å². The fourth-order valence-corrected chi connectivity index (χ4v) is 4.24. The normalized spacial score (nSPS) is 20.8. The fraction of sp³-hybridized carbons (Fsp3) is 0.474. The number of aromatic nitrogens is 2. The molecule has 0 saturated carbocycles. The Hall–Kier alpha value is -2.50. The summed E-state index contributed by atoms with van der Waals surface area (Å²) in [4.78, 5) is 31.2. The van der Waals surface area contributed by atoms with E-state index in [1.54, 1.807) is 0 Å². The van der Waals surface area contributed by atoms with E-state index in [9.17, 15) is 9.59 Å². The Balaban J connectivity index is 1.51. The highest BCUT2D eigenvalue weighted by Crippen LogP contribution is 2.36. The lowest BCUT2D eigenvalue weighted by molar-refractivity contribution is 0.442. The van der Waals surface area contributed by atoms with Gasteiger partial charge in [0.2, 0.25) is 0 Å². The van der Waals surface area contributed by atoms with Crippen molar-refractivity contribution >= 4 is 11.5 Å². The van der Waals surface area contributed by atoms with Gasteiger partial charge in [-0.3, -0.25) is 14.3 Å². The van der Waals surface area contributed by atoms with E-state index in [2.05, 4.69) is 46.0 Å². The van der Waals surface area contributed by atoms with Gasteiger partial charge in [-0.1, -0.05) is 18.2 Å². The van der Waals surface area contributed by atoms with Gasteiger partial charge in [0.25, 0.3) is 5.56 Å². The molecule has 4 rings (SSSR count).